The fourth-order valence-electron chi connectivity index (χ4n) is 7.15. The van der Waals surface area contributed by atoms with Crippen LogP contribution in [0.1, 0.15) is 93.0 Å². The van der Waals surface area contributed by atoms with Crippen molar-refractivity contribution in [2.24, 2.45) is 0 Å². The van der Waals surface area contributed by atoms with Gasteiger partial charge in [-0.2, -0.15) is 0 Å². The topological polar surface area (TPSA) is 29.7 Å². The number of hydrogen-bond donors (Lipinski definition) is 1. The molecule has 4 nitrogen and oxygen atoms in total. The van der Waals surface area contributed by atoms with Gasteiger partial charge in [0.25, 0.3) is 5.91 Å². The third kappa shape index (κ3) is 3.51. The maximum atomic E-state index is 13.4. The quantitative estimate of drug-likeness (QED) is 0.800. The highest BCUT2D eigenvalue weighted by atomic mass is 16.2. The fourth-order valence-corrected chi connectivity index (χ4v) is 7.15. The molecule has 166 valence electrons. The van der Waals surface area contributed by atoms with Gasteiger partial charge in [0.1, 0.15) is 0 Å². The lowest BCUT2D eigenvalue weighted by Crippen LogP contribution is -3.13. The Bertz CT molecular complexity index is 965. The van der Waals surface area contributed by atoms with Crippen molar-refractivity contribution < 1.29 is 9.69 Å². The van der Waals surface area contributed by atoms with E-state index < -0.39 is 0 Å². The molecule has 31 heavy (non-hydrogen) atoms. The van der Waals surface area contributed by atoms with Crippen LogP contribution in [-0.2, 0) is 17.8 Å². The van der Waals surface area contributed by atoms with Crippen molar-refractivity contribution in [3.05, 3.63) is 35.0 Å². The predicted octanol–water partition coefficient (Wildman–Crippen LogP) is 3.98. The van der Waals surface area contributed by atoms with E-state index in [0.717, 1.165) is 25.4 Å². The minimum absolute atomic E-state index is 0.305. The number of piperidine rings is 1. The van der Waals surface area contributed by atoms with Crippen molar-refractivity contribution in [2.75, 3.05) is 26.2 Å². The Hall–Kier alpha value is -1.81. The average molecular weight is 421 g/mol. The number of carbonyl (C=O) groups excluding carboxylic acids is 1. The van der Waals surface area contributed by atoms with Gasteiger partial charge in [-0.1, -0.05) is 25.3 Å². The number of benzene rings is 1. The third-order valence-corrected chi connectivity index (χ3v) is 8.76. The highest BCUT2D eigenvalue weighted by Gasteiger charge is 2.38. The first kappa shape index (κ1) is 19.8. The zero-order chi connectivity index (χ0) is 20.8. The zero-order valence-corrected chi connectivity index (χ0v) is 19.0. The SMILES string of the molecule is O=C(C[NH+]1CCCCC1)N1CCn2c3c(c4cc(C5CCCCC5)ccc42)CCC[C@H]31. The number of rotatable bonds is 3. The van der Waals surface area contributed by atoms with Crippen molar-refractivity contribution in [3.63, 3.8) is 0 Å². The van der Waals surface area contributed by atoms with Gasteiger partial charge in [-0.15, -0.1) is 0 Å². The summed E-state index contributed by atoms with van der Waals surface area (Å²) in [6.45, 7) is 4.92. The molecule has 0 unspecified atom stereocenters. The van der Waals surface area contributed by atoms with Crippen molar-refractivity contribution in [1.29, 1.82) is 0 Å². The van der Waals surface area contributed by atoms with Gasteiger partial charge in [0.05, 0.1) is 19.1 Å². The van der Waals surface area contributed by atoms with Crippen LogP contribution in [0.15, 0.2) is 18.2 Å². The van der Waals surface area contributed by atoms with E-state index >= 15 is 0 Å². The lowest BCUT2D eigenvalue weighted by molar-refractivity contribution is -0.897. The summed E-state index contributed by atoms with van der Waals surface area (Å²) in [7, 11) is 0. The number of nitrogens with zero attached hydrogens (tertiary/aromatic N) is 2. The molecule has 4 heteroatoms. The van der Waals surface area contributed by atoms with Gasteiger partial charge in [-0.05, 0) is 80.5 Å². The maximum absolute atomic E-state index is 13.4. The molecule has 0 radical (unpaired) electrons. The molecule has 2 aliphatic heterocycles. The zero-order valence-electron chi connectivity index (χ0n) is 19.0. The fraction of sp³-hybridized carbons (Fsp3) is 0.667. The number of quaternary nitrogens is 1. The van der Waals surface area contributed by atoms with E-state index in [0.29, 0.717) is 18.5 Å². The van der Waals surface area contributed by atoms with Crippen LogP contribution in [0.2, 0.25) is 0 Å². The molecule has 2 fully saturated rings. The van der Waals surface area contributed by atoms with Crippen LogP contribution in [0.5, 0.6) is 0 Å². The molecule has 2 aliphatic carbocycles. The van der Waals surface area contributed by atoms with E-state index in [1.54, 1.807) is 11.1 Å². The van der Waals surface area contributed by atoms with Crippen LogP contribution in [-0.4, -0.2) is 41.6 Å². The number of amides is 1. The molecule has 1 N–H and O–H groups in total. The second-order valence-electron chi connectivity index (χ2n) is 10.6. The number of nitrogens with one attached hydrogen (secondary N) is 1. The van der Waals surface area contributed by atoms with Gasteiger partial charge in [-0.25, -0.2) is 0 Å². The first-order valence-corrected chi connectivity index (χ1v) is 13.1. The van der Waals surface area contributed by atoms with Crippen molar-refractivity contribution >= 4 is 16.8 Å². The molecular formula is C27H38N3O+. The minimum atomic E-state index is 0.305. The smallest absolute Gasteiger partial charge is 0.278 e. The molecule has 2 aromatic rings. The first-order chi connectivity index (χ1) is 15.3. The molecule has 0 spiro atoms. The maximum Gasteiger partial charge on any atom is 0.278 e. The van der Waals surface area contributed by atoms with Gasteiger partial charge in [0, 0.05) is 29.7 Å². The third-order valence-electron chi connectivity index (χ3n) is 8.76. The van der Waals surface area contributed by atoms with Crippen LogP contribution < -0.4 is 4.90 Å². The predicted molar refractivity (Wildman–Crippen MR) is 125 cm³/mol. The lowest BCUT2D eigenvalue weighted by Gasteiger charge is -2.40. The summed E-state index contributed by atoms with van der Waals surface area (Å²) in [5, 5.41) is 1.50. The van der Waals surface area contributed by atoms with Crippen molar-refractivity contribution in [3.8, 4) is 0 Å². The summed E-state index contributed by atoms with van der Waals surface area (Å²) >= 11 is 0. The van der Waals surface area contributed by atoms with Crippen LogP contribution in [0.4, 0.5) is 0 Å². The Morgan fingerprint density at radius 2 is 1.74 bits per heavy atom. The molecule has 1 amide bonds. The van der Waals surface area contributed by atoms with E-state index in [4.69, 9.17) is 0 Å². The van der Waals surface area contributed by atoms with E-state index in [9.17, 15) is 4.79 Å². The Balaban J connectivity index is 1.31. The van der Waals surface area contributed by atoms with Crippen LogP contribution in [0.25, 0.3) is 10.9 Å². The van der Waals surface area contributed by atoms with Crippen molar-refractivity contribution in [1.82, 2.24) is 9.47 Å². The Labute approximate surface area is 186 Å². The van der Waals surface area contributed by atoms with Gasteiger partial charge in [0.15, 0.2) is 6.54 Å². The number of aromatic nitrogens is 1. The monoisotopic (exact) mass is 420 g/mol. The van der Waals surface area contributed by atoms with Gasteiger partial charge in [-0.3, -0.25) is 4.79 Å². The normalized spacial score (nSPS) is 25.0. The molecule has 1 atom stereocenters. The summed E-state index contributed by atoms with van der Waals surface area (Å²) < 4.78 is 2.58. The van der Waals surface area contributed by atoms with E-state index in [1.807, 2.05) is 0 Å². The average Bonchev–Trinajstić information content (AvgIpc) is 3.15. The highest BCUT2D eigenvalue weighted by Crippen LogP contribution is 2.44. The van der Waals surface area contributed by atoms with Gasteiger partial charge >= 0.3 is 0 Å². The van der Waals surface area contributed by atoms with Crippen LogP contribution >= 0.6 is 0 Å². The van der Waals surface area contributed by atoms with Crippen LogP contribution in [0, 0.1) is 0 Å². The number of fused-ring (bicyclic) bond motifs is 3. The van der Waals surface area contributed by atoms with Gasteiger partial charge < -0.3 is 14.4 Å². The van der Waals surface area contributed by atoms with E-state index in [-0.39, 0.29) is 0 Å². The van der Waals surface area contributed by atoms with E-state index in [1.165, 1.54) is 98.8 Å². The van der Waals surface area contributed by atoms with Gasteiger partial charge in [0.2, 0.25) is 0 Å². The Morgan fingerprint density at radius 3 is 2.58 bits per heavy atom. The molecular weight excluding hydrogens is 382 g/mol. The second kappa shape index (κ2) is 8.27. The van der Waals surface area contributed by atoms with Crippen LogP contribution in [0.3, 0.4) is 0 Å². The molecule has 1 aromatic heterocycles. The second-order valence-corrected chi connectivity index (χ2v) is 10.6. The standard InChI is InChI=1S/C27H37N3O/c31-26(19-28-14-5-2-6-15-28)29-16-17-30-24-13-12-21(20-8-3-1-4-9-20)18-23(24)22-10-7-11-25(29)27(22)30/h12-13,18,20,25H,1-11,14-17,19H2/p+1/t25-/m1/s1. The summed E-state index contributed by atoms with van der Waals surface area (Å²) in [5.74, 6) is 1.15. The molecule has 1 saturated carbocycles. The molecule has 6 rings (SSSR count). The minimum Gasteiger partial charge on any atom is -0.341 e. The lowest BCUT2D eigenvalue weighted by atomic mass is 9.83. The highest BCUT2D eigenvalue weighted by molar-refractivity contribution is 5.88. The summed E-state index contributed by atoms with van der Waals surface area (Å²) in [4.78, 5) is 17.1. The Kier molecular flexibility index (Phi) is 5.30. The molecule has 1 saturated heterocycles. The molecule has 3 heterocycles. The number of carbonyl (C=O) groups is 1. The summed E-state index contributed by atoms with van der Waals surface area (Å²) in [6.07, 6.45) is 14.4. The molecule has 4 aliphatic rings. The largest absolute Gasteiger partial charge is 0.341 e. The van der Waals surface area contributed by atoms with E-state index in [2.05, 4.69) is 27.7 Å². The number of likely N-dealkylation sites (tertiary alicyclic amines) is 1. The molecule has 1 aromatic carbocycles. The Morgan fingerprint density at radius 1 is 0.935 bits per heavy atom. The summed E-state index contributed by atoms with van der Waals surface area (Å²) in [5.41, 5.74) is 6.03. The summed E-state index contributed by atoms with van der Waals surface area (Å²) in [6, 6.07) is 7.67. The number of hydrogen-bond acceptors (Lipinski definition) is 1. The first-order valence-electron chi connectivity index (χ1n) is 13.1. The van der Waals surface area contributed by atoms with Crippen molar-refractivity contribution in [2.45, 2.75) is 89.1 Å². The molecule has 0 bridgehead atoms. The number of aryl methyl sites for hydroxylation is 1.